The Kier molecular flexibility index (Phi) is 3.32. The third-order valence-corrected chi connectivity index (χ3v) is 2.95. The van der Waals surface area contributed by atoms with E-state index in [2.05, 4.69) is 25.9 Å². The number of rotatable bonds is 1. The molecule has 1 aromatic rings. The minimum atomic E-state index is -3.01. The highest BCUT2D eigenvalue weighted by atomic mass is 79.9. The number of H-pyrrole nitrogens is 1. The zero-order valence-electron chi connectivity index (χ0n) is 10.7. The van der Waals surface area contributed by atoms with Gasteiger partial charge in [-0.05, 0) is 36.7 Å². The molecule has 0 saturated carbocycles. The molecule has 1 aromatic heterocycles. The van der Waals surface area contributed by atoms with E-state index in [9.17, 15) is 13.6 Å². The number of halogens is 3. The van der Waals surface area contributed by atoms with E-state index in [4.69, 9.17) is 4.74 Å². The standard InChI is InChI=1S/C11H14BrF2N3O2/c1-10(2,3)19-9(18)17-5-11(13,14)7(17)8-15-4-6(12)16-8/h4,7H,5H2,1-3H3,(H,15,16). The molecule has 1 atom stereocenters. The fraction of sp³-hybridized carbons (Fsp3) is 0.636. The van der Waals surface area contributed by atoms with Gasteiger partial charge in [0.15, 0.2) is 6.04 Å². The quantitative estimate of drug-likeness (QED) is 0.856. The molecule has 1 saturated heterocycles. The molecule has 1 aliphatic rings. The van der Waals surface area contributed by atoms with E-state index in [1.54, 1.807) is 20.8 Å². The predicted molar refractivity (Wildman–Crippen MR) is 66.9 cm³/mol. The molecule has 1 N–H and O–H groups in total. The molecule has 1 fully saturated rings. The minimum absolute atomic E-state index is 0.0361. The number of ether oxygens (including phenoxy) is 1. The third-order valence-electron chi connectivity index (χ3n) is 2.54. The van der Waals surface area contributed by atoms with E-state index in [1.165, 1.54) is 6.20 Å². The van der Waals surface area contributed by atoms with Crippen LogP contribution in [0.1, 0.15) is 32.6 Å². The van der Waals surface area contributed by atoms with Gasteiger partial charge >= 0.3 is 6.09 Å². The second-order valence-electron chi connectivity index (χ2n) is 5.39. The Balaban J connectivity index is 2.17. The van der Waals surface area contributed by atoms with Gasteiger partial charge in [-0.3, -0.25) is 4.90 Å². The van der Waals surface area contributed by atoms with Crippen molar-refractivity contribution < 1.29 is 18.3 Å². The molecule has 8 heteroatoms. The van der Waals surface area contributed by atoms with Crippen molar-refractivity contribution in [3.05, 3.63) is 16.6 Å². The third kappa shape index (κ3) is 2.88. The first-order valence-corrected chi connectivity index (χ1v) is 6.47. The summed E-state index contributed by atoms with van der Waals surface area (Å²) in [4.78, 5) is 19.3. The number of carbonyl (C=O) groups excluding carboxylic acids is 1. The van der Waals surface area contributed by atoms with E-state index in [1.807, 2.05) is 0 Å². The van der Waals surface area contributed by atoms with Crippen LogP contribution in [0.15, 0.2) is 10.8 Å². The molecule has 1 unspecified atom stereocenters. The Labute approximate surface area is 117 Å². The van der Waals surface area contributed by atoms with Gasteiger partial charge in [0.2, 0.25) is 0 Å². The number of imidazole rings is 1. The molecule has 106 valence electrons. The van der Waals surface area contributed by atoms with Crippen LogP contribution in [-0.2, 0) is 4.74 Å². The second kappa shape index (κ2) is 4.43. The Bertz CT molecular complexity index is 498. The van der Waals surface area contributed by atoms with Crippen molar-refractivity contribution in [3.63, 3.8) is 0 Å². The molecule has 19 heavy (non-hydrogen) atoms. The summed E-state index contributed by atoms with van der Waals surface area (Å²) >= 11 is 3.10. The van der Waals surface area contributed by atoms with Crippen LogP contribution in [-0.4, -0.2) is 39.0 Å². The summed E-state index contributed by atoms with van der Waals surface area (Å²) in [6.07, 6.45) is 0.604. The van der Waals surface area contributed by atoms with E-state index >= 15 is 0 Å². The van der Waals surface area contributed by atoms with Crippen molar-refractivity contribution in [3.8, 4) is 0 Å². The largest absolute Gasteiger partial charge is 0.444 e. The van der Waals surface area contributed by atoms with E-state index < -0.39 is 30.2 Å². The summed E-state index contributed by atoms with van der Waals surface area (Å²) in [5.74, 6) is -2.97. The van der Waals surface area contributed by atoms with Crippen LogP contribution in [0.2, 0.25) is 0 Å². The average molecular weight is 338 g/mol. The van der Waals surface area contributed by atoms with Crippen LogP contribution >= 0.6 is 15.9 Å². The molecule has 0 aromatic carbocycles. The Morgan fingerprint density at radius 2 is 2.26 bits per heavy atom. The zero-order valence-corrected chi connectivity index (χ0v) is 12.3. The van der Waals surface area contributed by atoms with Crippen LogP contribution in [0.25, 0.3) is 0 Å². The van der Waals surface area contributed by atoms with Gasteiger partial charge in [-0.2, -0.15) is 0 Å². The number of hydrogen-bond acceptors (Lipinski definition) is 3. The number of amides is 1. The van der Waals surface area contributed by atoms with Crippen LogP contribution in [0.4, 0.5) is 13.6 Å². The topological polar surface area (TPSA) is 58.2 Å². The van der Waals surface area contributed by atoms with Gasteiger partial charge in [-0.25, -0.2) is 18.6 Å². The fourth-order valence-corrected chi connectivity index (χ4v) is 2.12. The SMILES string of the molecule is CC(C)(C)OC(=O)N1CC(F)(F)C1c1ncc(Br)[nH]1. The molecule has 2 heterocycles. The lowest BCUT2D eigenvalue weighted by molar-refractivity contribution is -0.180. The fourth-order valence-electron chi connectivity index (χ4n) is 1.81. The highest BCUT2D eigenvalue weighted by Gasteiger charge is 2.60. The molecule has 0 spiro atoms. The number of carbonyl (C=O) groups is 1. The first-order valence-electron chi connectivity index (χ1n) is 5.68. The highest BCUT2D eigenvalue weighted by Crippen LogP contribution is 2.45. The van der Waals surface area contributed by atoms with Crippen molar-refractivity contribution in [1.29, 1.82) is 0 Å². The van der Waals surface area contributed by atoms with Crippen molar-refractivity contribution in [2.45, 2.75) is 38.3 Å². The molecule has 5 nitrogen and oxygen atoms in total. The van der Waals surface area contributed by atoms with Crippen molar-refractivity contribution >= 4 is 22.0 Å². The van der Waals surface area contributed by atoms with Gasteiger partial charge in [-0.1, -0.05) is 0 Å². The van der Waals surface area contributed by atoms with Crippen LogP contribution in [0.5, 0.6) is 0 Å². The normalized spacial score (nSPS) is 22.0. The molecule has 1 amide bonds. The van der Waals surface area contributed by atoms with Crippen molar-refractivity contribution in [2.75, 3.05) is 6.54 Å². The van der Waals surface area contributed by atoms with Gasteiger partial charge in [0.1, 0.15) is 16.0 Å². The molecular weight excluding hydrogens is 324 g/mol. The van der Waals surface area contributed by atoms with Gasteiger partial charge in [0, 0.05) is 0 Å². The predicted octanol–water partition coefficient (Wildman–Crippen LogP) is 3.10. The van der Waals surface area contributed by atoms with Gasteiger partial charge in [0.05, 0.1) is 12.7 Å². The second-order valence-corrected chi connectivity index (χ2v) is 6.24. The number of aromatic amines is 1. The number of likely N-dealkylation sites (tertiary alicyclic amines) is 1. The van der Waals surface area contributed by atoms with Crippen LogP contribution in [0.3, 0.4) is 0 Å². The molecule has 2 rings (SSSR count). The number of nitrogens with zero attached hydrogens (tertiary/aromatic N) is 2. The molecule has 0 aliphatic carbocycles. The minimum Gasteiger partial charge on any atom is -0.444 e. The maximum Gasteiger partial charge on any atom is 0.411 e. The molecule has 1 aliphatic heterocycles. The Hall–Kier alpha value is -1.18. The van der Waals surface area contributed by atoms with Gasteiger partial charge in [-0.15, -0.1) is 0 Å². The lowest BCUT2D eigenvalue weighted by Gasteiger charge is -2.46. The summed E-state index contributed by atoms with van der Waals surface area (Å²) in [5.41, 5.74) is -0.726. The number of aromatic nitrogens is 2. The zero-order chi connectivity index (χ0) is 14.4. The smallest absolute Gasteiger partial charge is 0.411 e. The van der Waals surface area contributed by atoms with Crippen molar-refractivity contribution in [1.82, 2.24) is 14.9 Å². The molecule has 0 radical (unpaired) electrons. The summed E-state index contributed by atoms with van der Waals surface area (Å²) in [6.45, 7) is 4.38. The monoisotopic (exact) mass is 337 g/mol. The van der Waals surface area contributed by atoms with Gasteiger partial charge in [0.25, 0.3) is 5.92 Å². The first kappa shape index (κ1) is 14.2. The van der Waals surface area contributed by atoms with Gasteiger partial charge < -0.3 is 9.72 Å². The molecule has 0 bridgehead atoms. The molecular formula is C11H14BrF2N3O2. The Morgan fingerprint density at radius 3 is 2.68 bits per heavy atom. The Morgan fingerprint density at radius 1 is 1.63 bits per heavy atom. The summed E-state index contributed by atoms with van der Waals surface area (Å²) in [6, 6.07) is -1.41. The number of hydrogen-bond donors (Lipinski definition) is 1. The van der Waals surface area contributed by atoms with E-state index in [-0.39, 0.29) is 5.82 Å². The van der Waals surface area contributed by atoms with E-state index in [0.717, 1.165) is 4.90 Å². The maximum atomic E-state index is 13.6. The van der Waals surface area contributed by atoms with Crippen LogP contribution < -0.4 is 0 Å². The lowest BCUT2D eigenvalue weighted by atomic mass is 9.98. The summed E-state index contributed by atoms with van der Waals surface area (Å²) < 4.78 is 32.8. The summed E-state index contributed by atoms with van der Waals surface area (Å²) in [7, 11) is 0. The lowest BCUT2D eigenvalue weighted by Crippen LogP contribution is -2.61. The highest BCUT2D eigenvalue weighted by molar-refractivity contribution is 9.10. The van der Waals surface area contributed by atoms with Crippen molar-refractivity contribution in [2.24, 2.45) is 0 Å². The van der Waals surface area contributed by atoms with Crippen LogP contribution in [0, 0.1) is 0 Å². The average Bonchev–Trinajstić information content (AvgIpc) is 2.58. The first-order chi connectivity index (χ1) is 8.60. The number of nitrogens with one attached hydrogen (secondary N) is 1. The maximum absolute atomic E-state index is 13.6. The van der Waals surface area contributed by atoms with E-state index in [0.29, 0.717) is 4.60 Å². The number of alkyl halides is 2. The summed E-state index contributed by atoms with van der Waals surface area (Å²) in [5, 5.41) is 0.